The molecule has 0 bridgehead atoms. The molecular weight excluding hydrogens is 549 g/mol. The normalized spacial score (nSPS) is 14.0. The Hall–Kier alpha value is -1.24. The van der Waals surface area contributed by atoms with Crippen LogP contribution in [0.4, 0.5) is 0 Å². The number of hydrogen-bond acceptors (Lipinski definition) is 5. The molecule has 1 aromatic carbocycles. The zero-order valence-electron chi connectivity index (χ0n) is 27.6. The van der Waals surface area contributed by atoms with E-state index in [1.54, 1.807) is 0 Å². The summed E-state index contributed by atoms with van der Waals surface area (Å²) in [7, 11) is 0.154. The highest BCUT2D eigenvalue weighted by molar-refractivity contribution is 7.47. The van der Waals surface area contributed by atoms with Crippen molar-refractivity contribution in [2.24, 2.45) is 5.92 Å². The molecule has 0 fully saturated rings. The maximum absolute atomic E-state index is 12.5. The number of quaternary nitrogens is 1. The smallest absolute Gasteiger partial charge is 0.472 e. The molecule has 0 saturated carbocycles. The summed E-state index contributed by atoms with van der Waals surface area (Å²) >= 11 is 0. The molecule has 0 saturated heterocycles. The number of ketones is 1. The Morgan fingerprint density at radius 3 is 2.10 bits per heavy atom. The van der Waals surface area contributed by atoms with Crippen LogP contribution in [0.1, 0.15) is 123 Å². The molecule has 7 nitrogen and oxygen atoms in total. The van der Waals surface area contributed by atoms with Crippen LogP contribution in [-0.2, 0) is 24.8 Å². The lowest BCUT2D eigenvalue weighted by atomic mass is 9.94. The van der Waals surface area contributed by atoms with Gasteiger partial charge >= 0.3 is 7.82 Å². The summed E-state index contributed by atoms with van der Waals surface area (Å²) < 4.78 is 30.0. The third kappa shape index (κ3) is 20.6. The van der Waals surface area contributed by atoms with Gasteiger partial charge in [-0.1, -0.05) is 90.2 Å². The SMILES string of the molecule is CCCCCCCCCCCCCOc1cccc(CC(COP(=O)(O)OCCCC[N+](C)(C)CC)CC(=O)CC)c1. The average Bonchev–Trinajstić information content (AvgIpc) is 2.96. The Kier molecular flexibility index (Phi) is 21.4. The van der Waals surface area contributed by atoms with Crippen molar-refractivity contribution in [3.8, 4) is 5.75 Å². The molecule has 0 aliphatic heterocycles. The van der Waals surface area contributed by atoms with E-state index in [-0.39, 0.29) is 24.9 Å². The highest BCUT2D eigenvalue weighted by Crippen LogP contribution is 2.44. The molecule has 244 valence electrons. The molecular formula is C34H63NO6P+. The van der Waals surface area contributed by atoms with E-state index in [9.17, 15) is 14.3 Å². The van der Waals surface area contributed by atoms with Gasteiger partial charge in [-0.3, -0.25) is 13.8 Å². The molecule has 8 heteroatoms. The first kappa shape index (κ1) is 38.8. The number of Topliss-reactive ketones (excluding diaryl/α,β-unsaturated/α-hetero) is 1. The number of hydrogen-bond donors (Lipinski definition) is 1. The van der Waals surface area contributed by atoms with Gasteiger partial charge in [0.15, 0.2) is 0 Å². The van der Waals surface area contributed by atoms with E-state index in [2.05, 4.69) is 27.9 Å². The Morgan fingerprint density at radius 2 is 1.48 bits per heavy atom. The molecule has 42 heavy (non-hydrogen) atoms. The maximum atomic E-state index is 12.5. The standard InChI is InChI=1S/C34H62NO6P/c1-6-9-10-11-12-13-14-15-16-17-19-25-39-34-23-21-22-31(29-34)27-32(28-33(36)7-2)30-41-42(37,38)40-26-20-18-24-35(4,5)8-3/h21-23,29,32H,6-20,24-28,30H2,1-5H3/p+1. The monoisotopic (exact) mass is 612 g/mol. The third-order valence-electron chi connectivity index (χ3n) is 8.09. The van der Waals surface area contributed by atoms with Crippen LogP contribution in [-0.4, -0.2) is 62.2 Å². The van der Waals surface area contributed by atoms with Crippen molar-refractivity contribution in [1.29, 1.82) is 0 Å². The van der Waals surface area contributed by atoms with Gasteiger partial charge in [-0.05, 0) is 56.2 Å². The van der Waals surface area contributed by atoms with E-state index < -0.39 is 7.82 Å². The number of phosphoric ester groups is 1. The van der Waals surface area contributed by atoms with Gasteiger partial charge in [-0.2, -0.15) is 0 Å². The molecule has 2 atom stereocenters. The van der Waals surface area contributed by atoms with Gasteiger partial charge < -0.3 is 14.1 Å². The Morgan fingerprint density at radius 1 is 0.857 bits per heavy atom. The molecule has 0 spiro atoms. The van der Waals surface area contributed by atoms with Crippen LogP contribution in [0.2, 0.25) is 0 Å². The number of carbonyl (C=O) groups excluding carboxylic acids is 1. The fourth-order valence-corrected chi connectivity index (χ4v) is 5.76. The summed E-state index contributed by atoms with van der Waals surface area (Å²) in [5, 5.41) is 0. The molecule has 1 N–H and O–H groups in total. The quantitative estimate of drug-likeness (QED) is 0.0578. The summed E-state index contributed by atoms with van der Waals surface area (Å²) in [4.78, 5) is 22.5. The fraction of sp³-hybridized carbons (Fsp3) is 0.794. The number of phosphoric acid groups is 1. The Bertz CT molecular complexity index is 877. The van der Waals surface area contributed by atoms with Crippen LogP contribution >= 0.6 is 7.82 Å². The highest BCUT2D eigenvalue weighted by atomic mass is 31.2. The lowest BCUT2D eigenvalue weighted by Gasteiger charge is -2.28. The predicted molar refractivity (Wildman–Crippen MR) is 174 cm³/mol. The third-order valence-corrected chi connectivity index (χ3v) is 9.08. The van der Waals surface area contributed by atoms with E-state index >= 15 is 0 Å². The van der Waals surface area contributed by atoms with E-state index in [0.29, 0.717) is 32.3 Å². The number of rotatable bonds is 28. The van der Waals surface area contributed by atoms with Crippen LogP contribution < -0.4 is 4.74 Å². The number of ether oxygens (including phenoxy) is 1. The van der Waals surface area contributed by atoms with Crippen LogP contribution in [0.3, 0.4) is 0 Å². The second-order valence-corrected chi connectivity index (χ2v) is 13.9. The van der Waals surface area contributed by atoms with Gasteiger partial charge in [0.25, 0.3) is 0 Å². The predicted octanol–water partition coefficient (Wildman–Crippen LogP) is 8.91. The first-order valence-corrected chi connectivity index (χ1v) is 18.3. The largest absolute Gasteiger partial charge is 0.494 e. The molecule has 1 aromatic rings. The van der Waals surface area contributed by atoms with Gasteiger partial charge in [0.2, 0.25) is 0 Å². The maximum Gasteiger partial charge on any atom is 0.472 e. The second-order valence-electron chi connectivity index (χ2n) is 12.5. The summed E-state index contributed by atoms with van der Waals surface area (Å²) in [6.45, 7) is 9.13. The summed E-state index contributed by atoms with van der Waals surface area (Å²) in [6, 6.07) is 7.93. The summed E-state index contributed by atoms with van der Waals surface area (Å²) in [5.41, 5.74) is 1.02. The van der Waals surface area contributed by atoms with E-state index in [4.69, 9.17) is 13.8 Å². The van der Waals surface area contributed by atoms with E-state index in [1.807, 2.05) is 31.2 Å². The van der Waals surface area contributed by atoms with Gasteiger partial charge in [0.05, 0.1) is 47.0 Å². The number of carbonyl (C=O) groups is 1. The molecule has 0 aromatic heterocycles. The van der Waals surface area contributed by atoms with Crippen molar-refractivity contribution in [2.45, 2.75) is 124 Å². The Balaban J connectivity index is 2.41. The van der Waals surface area contributed by atoms with Crippen LogP contribution in [0, 0.1) is 5.92 Å². The minimum Gasteiger partial charge on any atom is -0.494 e. The van der Waals surface area contributed by atoms with Crippen molar-refractivity contribution < 1.29 is 32.5 Å². The lowest BCUT2D eigenvalue weighted by molar-refractivity contribution is -0.888. The van der Waals surface area contributed by atoms with Crippen molar-refractivity contribution in [3.05, 3.63) is 29.8 Å². The molecule has 0 radical (unpaired) electrons. The van der Waals surface area contributed by atoms with E-state index in [1.165, 1.54) is 64.2 Å². The van der Waals surface area contributed by atoms with Crippen molar-refractivity contribution in [1.82, 2.24) is 0 Å². The van der Waals surface area contributed by atoms with Crippen molar-refractivity contribution in [3.63, 3.8) is 0 Å². The Labute approximate surface area is 257 Å². The van der Waals surface area contributed by atoms with Crippen LogP contribution in [0.25, 0.3) is 0 Å². The number of nitrogens with zero attached hydrogens (tertiary/aromatic N) is 1. The molecule has 0 aliphatic carbocycles. The van der Waals surface area contributed by atoms with Crippen LogP contribution in [0.15, 0.2) is 24.3 Å². The first-order chi connectivity index (χ1) is 20.1. The van der Waals surface area contributed by atoms with Gasteiger partial charge in [-0.25, -0.2) is 4.57 Å². The topological polar surface area (TPSA) is 82.1 Å². The minimum atomic E-state index is -4.18. The molecule has 0 amide bonds. The minimum absolute atomic E-state index is 0.0108. The molecule has 1 rings (SSSR count). The summed E-state index contributed by atoms with van der Waals surface area (Å²) in [6.07, 6.45) is 17.2. The zero-order chi connectivity index (χ0) is 31.1. The second kappa shape index (κ2) is 23.2. The van der Waals surface area contributed by atoms with Crippen LogP contribution in [0.5, 0.6) is 5.75 Å². The van der Waals surface area contributed by atoms with Crippen molar-refractivity contribution >= 4 is 13.6 Å². The number of unbranched alkanes of at least 4 members (excludes halogenated alkanes) is 11. The summed E-state index contributed by atoms with van der Waals surface area (Å²) in [5.74, 6) is 0.714. The van der Waals surface area contributed by atoms with Gasteiger partial charge in [0.1, 0.15) is 11.5 Å². The highest BCUT2D eigenvalue weighted by Gasteiger charge is 2.25. The fourth-order valence-electron chi connectivity index (χ4n) is 4.92. The molecule has 2 unspecified atom stereocenters. The van der Waals surface area contributed by atoms with E-state index in [0.717, 1.165) is 41.7 Å². The molecule has 0 aliphatic rings. The zero-order valence-corrected chi connectivity index (χ0v) is 28.5. The lowest BCUT2D eigenvalue weighted by Crippen LogP contribution is -2.39. The van der Waals surface area contributed by atoms with Gasteiger partial charge in [0, 0.05) is 12.8 Å². The van der Waals surface area contributed by atoms with Gasteiger partial charge in [-0.15, -0.1) is 0 Å². The number of benzene rings is 1. The van der Waals surface area contributed by atoms with Crippen molar-refractivity contribution in [2.75, 3.05) is 47.0 Å². The average molecular weight is 613 g/mol. The molecule has 0 heterocycles. The first-order valence-electron chi connectivity index (χ1n) is 16.8.